The first-order valence-electron chi connectivity index (χ1n) is 4.49. The second kappa shape index (κ2) is 5.91. The Morgan fingerprint density at radius 3 is 2.64 bits per heavy atom. The number of amidine groups is 1. The van der Waals surface area contributed by atoms with Gasteiger partial charge in [-0.1, -0.05) is 35.5 Å². The Labute approximate surface area is 84.1 Å². The number of benzene rings is 1. The Hall–Kier alpha value is -1.64. The lowest BCUT2D eigenvalue weighted by atomic mass is 10.1. The number of hydrogen-bond donors (Lipinski definition) is 0. The van der Waals surface area contributed by atoms with Crippen molar-refractivity contribution in [2.24, 2.45) is 10.1 Å². The van der Waals surface area contributed by atoms with Crippen molar-refractivity contribution in [3.63, 3.8) is 0 Å². The molecule has 0 fully saturated rings. The first-order chi connectivity index (χ1) is 6.86. The predicted molar refractivity (Wildman–Crippen MR) is 58.8 cm³/mol. The van der Waals surface area contributed by atoms with Gasteiger partial charge in [-0.15, -0.1) is 0 Å². The van der Waals surface area contributed by atoms with Gasteiger partial charge >= 0.3 is 0 Å². The summed E-state index contributed by atoms with van der Waals surface area (Å²) in [6.45, 7) is 1.86. The van der Waals surface area contributed by atoms with Gasteiger partial charge in [0.15, 0.2) is 5.84 Å². The summed E-state index contributed by atoms with van der Waals surface area (Å²) in [7, 11) is 1.52. The average molecular weight is 190 g/mol. The van der Waals surface area contributed by atoms with Gasteiger partial charge in [0.2, 0.25) is 0 Å². The second-order valence-electron chi connectivity index (χ2n) is 2.74. The summed E-state index contributed by atoms with van der Waals surface area (Å²) in [4.78, 5) is 8.81. The first-order valence-corrected chi connectivity index (χ1v) is 4.49. The van der Waals surface area contributed by atoms with Gasteiger partial charge in [0.05, 0.1) is 0 Å². The molecule has 1 aromatic carbocycles. The van der Waals surface area contributed by atoms with E-state index in [1.165, 1.54) is 12.7 Å². The highest BCUT2D eigenvalue weighted by molar-refractivity contribution is 5.90. The van der Waals surface area contributed by atoms with Gasteiger partial charge in [0.1, 0.15) is 7.11 Å². The van der Waals surface area contributed by atoms with E-state index in [2.05, 4.69) is 10.1 Å². The summed E-state index contributed by atoms with van der Waals surface area (Å²) >= 11 is 0. The lowest BCUT2D eigenvalue weighted by Gasteiger charge is -1.99. The summed E-state index contributed by atoms with van der Waals surface area (Å²) < 4.78 is 0. The highest BCUT2D eigenvalue weighted by atomic mass is 16.6. The molecular weight excluding hydrogens is 176 g/mol. The topological polar surface area (TPSA) is 34.0 Å². The Morgan fingerprint density at radius 1 is 1.36 bits per heavy atom. The smallest absolute Gasteiger partial charge is 0.171 e. The van der Waals surface area contributed by atoms with Crippen LogP contribution in [0.15, 0.2) is 40.5 Å². The maximum atomic E-state index is 4.70. The van der Waals surface area contributed by atoms with E-state index in [0.717, 1.165) is 0 Å². The molecule has 74 valence electrons. The van der Waals surface area contributed by atoms with Crippen LogP contribution in [0.5, 0.6) is 0 Å². The third-order valence-electron chi connectivity index (χ3n) is 1.68. The summed E-state index contributed by atoms with van der Waals surface area (Å²) in [5.41, 5.74) is 1.17. The number of nitrogens with zero attached hydrogens (tertiary/aromatic N) is 2. The molecule has 14 heavy (non-hydrogen) atoms. The van der Waals surface area contributed by atoms with Crippen molar-refractivity contribution in [3.05, 3.63) is 35.9 Å². The zero-order valence-corrected chi connectivity index (χ0v) is 8.47. The largest absolute Gasteiger partial charge is 0.398 e. The SMILES string of the molecule is CC=N/C(Cc1ccccc1)=N\OC. The van der Waals surface area contributed by atoms with Gasteiger partial charge in [0, 0.05) is 12.6 Å². The van der Waals surface area contributed by atoms with Crippen LogP contribution in [0, 0.1) is 0 Å². The molecule has 0 aliphatic carbocycles. The summed E-state index contributed by atoms with van der Waals surface area (Å²) in [6, 6.07) is 10.1. The Kier molecular flexibility index (Phi) is 4.41. The molecule has 0 atom stereocenters. The van der Waals surface area contributed by atoms with Crippen LogP contribution in [0.25, 0.3) is 0 Å². The van der Waals surface area contributed by atoms with Gasteiger partial charge in [-0.3, -0.25) is 0 Å². The quantitative estimate of drug-likeness (QED) is 0.409. The standard InChI is InChI=1S/C11H14N2O/c1-3-12-11(13-14-2)9-10-7-5-4-6-8-10/h3-8H,9H2,1-2H3/b12-3?,13-11-. The highest BCUT2D eigenvalue weighted by Crippen LogP contribution is 2.01. The Bertz CT molecular complexity index is 317. The van der Waals surface area contributed by atoms with E-state index in [-0.39, 0.29) is 0 Å². The van der Waals surface area contributed by atoms with Crippen molar-refractivity contribution in [1.82, 2.24) is 0 Å². The molecule has 0 aliphatic rings. The number of aliphatic imine (C=N–C) groups is 1. The van der Waals surface area contributed by atoms with E-state index in [4.69, 9.17) is 4.84 Å². The van der Waals surface area contributed by atoms with Crippen LogP contribution < -0.4 is 0 Å². The van der Waals surface area contributed by atoms with Crippen molar-refractivity contribution in [3.8, 4) is 0 Å². The van der Waals surface area contributed by atoms with Crippen LogP contribution in [-0.4, -0.2) is 19.2 Å². The molecule has 3 nitrogen and oxygen atoms in total. The van der Waals surface area contributed by atoms with E-state index in [0.29, 0.717) is 12.3 Å². The molecule has 3 heteroatoms. The van der Waals surface area contributed by atoms with Crippen molar-refractivity contribution in [2.75, 3.05) is 7.11 Å². The van der Waals surface area contributed by atoms with Crippen LogP contribution in [-0.2, 0) is 11.3 Å². The molecule has 0 saturated carbocycles. The molecule has 0 aromatic heterocycles. The molecule has 1 rings (SSSR count). The van der Waals surface area contributed by atoms with Crippen LogP contribution in [0.4, 0.5) is 0 Å². The fraction of sp³-hybridized carbons (Fsp3) is 0.273. The van der Waals surface area contributed by atoms with Crippen molar-refractivity contribution in [2.45, 2.75) is 13.3 Å². The molecule has 0 spiro atoms. The molecule has 1 aromatic rings. The minimum absolute atomic E-state index is 0.682. The minimum Gasteiger partial charge on any atom is -0.398 e. The van der Waals surface area contributed by atoms with E-state index < -0.39 is 0 Å². The monoisotopic (exact) mass is 190 g/mol. The zero-order valence-electron chi connectivity index (χ0n) is 8.47. The molecule has 0 saturated heterocycles. The minimum atomic E-state index is 0.682. The molecule has 0 radical (unpaired) electrons. The van der Waals surface area contributed by atoms with E-state index in [9.17, 15) is 0 Å². The summed E-state index contributed by atoms with van der Waals surface area (Å²) in [5, 5.41) is 3.83. The van der Waals surface area contributed by atoms with Gasteiger partial charge in [-0.25, -0.2) is 4.99 Å². The molecule has 0 unspecified atom stereocenters. The van der Waals surface area contributed by atoms with Gasteiger partial charge in [0.25, 0.3) is 0 Å². The molecule has 0 amide bonds. The second-order valence-corrected chi connectivity index (χ2v) is 2.74. The van der Waals surface area contributed by atoms with Gasteiger partial charge < -0.3 is 4.84 Å². The Balaban J connectivity index is 2.70. The van der Waals surface area contributed by atoms with Crippen molar-refractivity contribution in [1.29, 1.82) is 0 Å². The molecule has 0 aliphatic heterocycles. The van der Waals surface area contributed by atoms with Crippen molar-refractivity contribution >= 4 is 12.1 Å². The maximum absolute atomic E-state index is 4.70. The highest BCUT2D eigenvalue weighted by Gasteiger charge is 1.98. The number of rotatable bonds is 3. The normalized spacial score (nSPS) is 12.0. The molecule has 0 heterocycles. The fourth-order valence-electron chi connectivity index (χ4n) is 1.13. The lowest BCUT2D eigenvalue weighted by Crippen LogP contribution is -2.00. The molecular formula is C11H14N2O. The number of oxime groups is 1. The van der Waals surface area contributed by atoms with E-state index in [1.54, 1.807) is 6.21 Å². The van der Waals surface area contributed by atoms with Crippen molar-refractivity contribution < 1.29 is 4.84 Å². The predicted octanol–water partition coefficient (Wildman–Crippen LogP) is 2.28. The summed E-state index contributed by atoms with van der Waals surface area (Å²) in [5.74, 6) is 0.682. The first kappa shape index (κ1) is 10.4. The summed E-state index contributed by atoms with van der Waals surface area (Å²) in [6.07, 6.45) is 2.40. The molecule has 0 N–H and O–H groups in total. The van der Waals surface area contributed by atoms with E-state index >= 15 is 0 Å². The van der Waals surface area contributed by atoms with Gasteiger partial charge in [-0.05, 0) is 12.5 Å². The molecule has 0 bridgehead atoms. The third-order valence-corrected chi connectivity index (χ3v) is 1.68. The third kappa shape index (κ3) is 3.39. The maximum Gasteiger partial charge on any atom is 0.171 e. The van der Waals surface area contributed by atoms with Crippen LogP contribution in [0.2, 0.25) is 0 Å². The van der Waals surface area contributed by atoms with E-state index in [1.807, 2.05) is 37.3 Å². The van der Waals surface area contributed by atoms with Gasteiger partial charge in [-0.2, -0.15) is 0 Å². The van der Waals surface area contributed by atoms with Crippen LogP contribution in [0.1, 0.15) is 12.5 Å². The zero-order chi connectivity index (χ0) is 10.2. The van der Waals surface area contributed by atoms with Crippen LogP contribution >= 0.6 is 0 Å². The lowest BCUT2D eigenvalue weighted by molar-refractivity contribution is 0.212. The Morgan fingerprint density at radius 2 is 2.07 bits per heavy atom. The average Bonchev–Trinajstić information content (AvgIpc) is 2.20. The fourth-order valence-corrected chi connectivity index (χ4v) is 1.13. The number of hydrogen-bond acceptors (Lipinski definition) is 2. The van der Waals surface area contributed by atoms with Crippen LogP contribution in [0.3, 0.4) is 0 Å².